The van der Waals surface area contributed by atoms with Gasteiger partial charge in [-0.25, -0.2) is 4.79 Å². The predicted molar refractivity (Wildman–Crippen MR) is 99.4 cm³/mol. The summed E-state index contributed by atoms with van der Waals surface area (Å²) >= 11 is 0. The molecule has 0 N–H and O–H groups in total. The van der Waals surface area contributed by atoms with E-state index in [0.717, 1.165) is 0 Å². The van der Waals surface area contributed by atoms with Gasteiger partial charge in [0.25, 0.3) is 5.89 Å². The highest BCUT2D eigenvalue weighted by Gasteiger charge is 2.22. The summed E-state index contributed by atoms with van der Waals surface area (Å²) in [6.45, 7) is 0.624. The summed E-state index contributed by atoms with van der Waals surface area (Å²) in [5.74, 6) is 1.81. The summed E-state index contributed by atoms with van der Waals surface area (Å²) < 4.78 is 32.1. The average molecular weight is 398 g/mol. The molecule has 0 saturated carbocycles. The van der Waals surface area contributed by atoms with Gasteiger partial charge in [-0.05, 0) is 24.3 Å². The Morgan fingerprint density at radius 3 is 2.69 bits per heavy atom. The first-order valence-corrected chi connectivity index (χ1v) is 8.80. The second-order valence-electron chi connectivity index (χ2n) is 5.99. The SMILES string of the molecule is COc1ccccc1-c1noc(COC(=O)c2cc(OC)c3c(c2)OCCO3)n1. The summed E-state index contributed by atoms with van der Waals surface area (Å²) in [4.78, 5) is 16.7. The van der Waals surface area contributed by atoms with Crippen LogP contribution in [0.4, 0.5) is 0 Å². The van der Waals surface area contributed by atoms with Crippen molar-refractivity contribution >= 4 is 5.97 Å². The molecule has 0 aliphatic carbocycles. The van der Waals surface area contributed by atoms with Crippen molar-refractivity contribution in [2.24, 2.45) is 0 Å². The number of rotatable bonds is 6. The van der Waals surface area contributed by atoms with Gasteiger partial charge in [0.05, 0.1) is 25.3 Å². The van der Waals surface area contributed by atoms with Crippen LogP contribution < -0.4 is 18.9 Å². The van der Waals surface area contributed by atoms with Gasteiger partial charge in [-0.3, -0.25) is 0 Å². The van der Waals surface area contributed by atoms with Crippen molar-refractivity contribution in [1.29, 1.82) is 0 Å². The molecule has 1 aliphatic rings. The number of carbonyl (C=O) groups is 1. The number of para-hydroxylation sites is 1. The van der Waals surface area contributed by atoms with E-state index in [1.54, 1.807) is 25.3 Å². The zero-order chi connectivity index (χ0) is 20.2. The lowest BCUT2D eigenvalue weighted by molar-refractivity contribution is 0.0428. The zero-order valence-corrected chi connectivity index (χ0v) is 15.8. The molecule has 0 atom stereocenters. The minimum atomic E-state index is -0.586. The van der Waals surface area contributed by atoms with Crippen LogP contribution in [0.2, 0.25) is 0 Å². The van der Waals surface area contributed by atoms with Gasteiger partial charge in [0.15, 0.2) is 18.1 Å². The standard InChI is InChI=1S/C20H18N2O7/c1-24-14-6-4-3-5-13(14)19-21-17(29-22-19)11-28-20(23)12-9-15(25-2)18-16(10-12)26-7-8-27-18/h3-6,9-10H,7-8,11H2,1-2H3. The molecule has 0 saturated heterocycles. The monoisotopic (exact) mass is 398 g/mol. The van der Waals surface area contributed by atoms with Crippen LogP contribution >= 0.6 is 0 Å². The number of ether oxygens (including phenoxy) is 5. The fourth-order valence-electron chi connectivity index (χ4n) is 2.85. The highest BCUT2D eigenvalue weighted by Crippen LogP contribution is 2.40. The number of esters is 1. The minimum Gasteiger partial charge on any atom is -0.496 e. The Labute approximate surface area is 166 Å². The van der Waals surface area contributed by atoms with Crippen LogP contribution in [0.5, 0.6) is 23.0 Å². The van der Waals surface area contributed by atoms with Crippen LogP contribution in [0.25, 0.3) is 11.4 Å². The Morgan fingerprint density at radius 1 is 1.07 bits per heavy atom. The zero-order valence-electron chi connectivity index (χ0n) is 15.8. The molecule has 150 valence electrons. The van der Waals surface area contributed by atoms with Crippen LogP contribution in [-0.2, 0) is 11.3 Å². The lowest BCUT2D eigenvalue weighted by Gasteiger charge is -2.21. The van der Waals surface area contributed by atoms with Crippen molar-refractivity contribution < 1.29 is 33.0 Å². The number of hydrogen-bond acceptors (Lipinski definition) is 9. The molecule has 0 bridgehead atoms. The largest absolute Gasteiger partial charge is 0.496 e. The number of methoxy groups -OCH3 is 2. The summed E-state index contributed by atoms with van der Waals surface area (Å²) in [5.41, 5.74) is 0.934. The number of fused-ring (bicyclic) bond motifs is 1. The van der Waals surface area contributed by atoms with E-state index < -0.39 is 5.97 Å². The van der Waals surface area contributed by atoms with Crippen LogP contribution in [0.15, 0.2) is 40.9 Å². The molecule has 0 radical (unpaired) electrons. The van der Waals surface area contributed by atoms with Gasteiger partial charge in [-0.1, -0.05) is 17.3 Å². The van der Waals surface area contributed by atoms with Crippen molar-refractivity contribution in [3.63, 3.8) is 0 Å². The topological polar surface area (TPSA) is 102 Å². The van der Waals surface area contributed by atoms with Crippen molar-refractivity contribution in [3.8, 4) is 34.4 Å². The molecule has 0 unspecified atom stereocenters. The van der Waals surface area contributed by atoms with Crippen molar-refractivity contribution in [2.75, 3.05) is 27.4 Å². The highest BCUT2D eigenvalue weighted by atomic mass is 16.6. The molecule has 0 spiro atoms. The molecule has 1 aromatic heterocycles. The van der Waals surface area contributed by atoms with Gasteiger partial charge in [0, 0.05) is 0 Å². The lowest BCUT2D eigenvalue weighted by Crippen LogP contribution is -2.17. The van der Waals surface area contributed by atoms with E-state index in [1.807, 2.05) is 12.1 Å². The van der Waals surface area contributed by atoms with Crippen molar-refractivity contribution in [1.82, 2.24) is 10.1 Å². The molecule has 9 nitrogen and oxygen atoms in total. The maximum absolute atomic E-state index is 12.5. The van der Waals surface area contributed by atoms with E-state index in [2.05, 4.69) is 10.1 Å². The maximum Gasteiger partial charge on any atom is 0.338 e. The summed E-state index contributed by atoms with van der Waals surface area (Å²) in [6.07, 6.45) is 0. The highest BCUT2D eigenvalue weighted by molar-refractivity contribution is 5.91. The lowest BCUT2D eigenvalue weighted by atomic mass is 10.1. The molecule has 1 aliphatic heterocycles. The van der Waals surface area contributed by atoms with E-state index in [-0.39, 0.29) is 18.1 Å². The minimum absolute atomic E-state index is 0.156. The van der Waals surface area contributed by atoms with Gasteiger partial charge in [-0.2, -0.15) is 4.98 Å². The van der Waals surface area contributed by atoms with E-state index in [1.165, 1.54) is 13.2 Å². The molecule has 3 aromatic rings. The molecule has 4 rings (SSSR count). The molecular weight excluding hydrogens is 380 g/mol. The van der Waals surface area contributed by atoms with Gasteiger partial charge < -0.3 is 28.2 Å². The quantitative estimate of drug-likeness (QED) is 0.580. The number of nitrogens with zero attached hydrogens (tertiary/aromatic N) is 2. The first-order valence-electron chi connectivity index (χ1n) is 8.80. The van der Waals surface area contributed by atoms with Gasteiger partial charge in [0.1, 0.15) is 19.0 Å². The summed E-state index contributed by atoms with van der Waals surface area (Å²) in [6, 6.07) is 10.4. The van der Waals surface area contributed by atoms with Gasteiger partial charge in [0.2, 0.25) is 11.6 Å². The van der Waals surface area contributed by atoms with Crippen LogP contribution in [0.3, 0.4) is 0 Å². The van der Waals surface area contributed by atoms with E-state index in [4.69, 9.17) is 28.2 Å². The number of benzene rings is 2. The fraction of sp³-hybridized carbons (Fsp3) is 0.250. The van der Waals surface area contributed by atoms with Crippen LogP contribution in [0, 0.1) is 0 Å². The second kappa shape index (κ2) is 8.09. The third kappa shape index (κ3) is 3.79. The molecule has 29 heavy (non-hydrogen) atoms. The Kier molecular flexibility index (Phi) is 5.19. The smallest absolute Gasteiger partial charge is 0.338 e. The van der Waals surface area contributed by atoms with Crippen LogP contribution in [0.1, 0.15) is 16.2 Å². The Bertz CT molecular complexity index is 1010. The first-order chi connectivity index (χ1) is 14.2. The first kappa shape index (κ1) is 18.6. The maximum atomic E-state index is 12.5. The molecule has 0 amide bonds. The van der Waals surface area contributed by atoms with E-state index in [0.29, 0.717) is 47.6 Å². The number of hydrogen-bond donors (Lipinski definition) is 0. The van der Waals surface area contributed by atoms with E-state index >= 15 is 0 Å². The molecular formula is C20H18N2O7. The molecule has 2 aromatic carbocycles. The second-order valence-corrected chi connectivity index (χ2v) is 5.99. The number of carbonyl (C=O) groups excluding carboxylic acids is 1. The Balaban J connectivity index is 1.47. The van der Waals surface area contributed by atoms with Crippen LogP contribution in [-0.4, -0.2) is 43.5 Å². The fourth-order valence-corrected chi connectivity index (χ4v) is 2.85. The van der Waals surface area contributed by atoms with Gasteiger partial charge in [-0.15, -0.1) is 0 Å². The summed E-state index contributed by atoms with van der Waals surface area (Å²) in [5, 5.41) is 3.92. The van der Waals surface area contributed by atoms with Gasteiger partial charge >= 0.3 is 5.97 Å². The number of aromatic nitrogens is 2. The Hall–Kier alpha value is -3.75. The molecule has 0 fully saturated rings. The van der Waals surface area contributed by atoms with E-state index in [9.17, 15) is 4.79 Å². The third-order valence-corrected chi connectivity index (χ3v) is 4.21. The molecule has 9 heteroatoms. The van der Waals surface area contributed by atoms with Crippen molar-refractivity contribution in [2.45, 2.75) is 6.61 Å². The molecule has 2 heterocycles. The predicted octanol–water partition coefficient (Wildman–Crippen LogP) is 2.88. The van der Waals surface area contributed by atoms with Crippen molar-refractivity contribution in [3.05, 3.63) is 47.9 Å². The Morgan fingerprint density at radius 2 is 1.86 bits per heavy atom. The summed E-state index contributed by atoms with van der Waals surface area (Å²) in [7, 11) is 3.05. The normalized spacial score (nSPS) is 12.3. The average Bonchev–Trinajstić information content (AvgIpc) is 3.25. The third-order valence-electron chi connectivity index (χ3n) is 4.21.